The Hall–Kier alpha value is -2.21. The topological polar surface area (TPSA) is 68.5 Å². The number of hydrogen-bond acceptors (Lipinski definition) is 5. The number of nitrogens with zero attached hydrogens (tertiary/aromatic N) is 3. The molecule has 0 N–H and O–H groups in total. The van der Waals surface area contributed by atoms with Crippen molar-refractivity contribution in [3.05, 3.63) is 36.2 Å². The first-order chi connectivity index (χ1) is 11.8. The van der Waals surface area contributed by atoms with Crippen molar-refractivity contribution in [2.45, 2.75) is 31.7 Å². The highest BCUT2D eigenvalue weighted by Crippen LogP contribution is 2.31. The molecule has 0 bridgehead atoms. The molecule has 4 rings (SSSR count). The van der Waals surface area contributed by atoms with E-state index in [-0.39, 0.29) is 17.9 Å². The van der Waals surface area contributed by atoms with Gasteiger partial charge in [-0.05, 0) is 25.0 Å². The molecule has 0 spiro atoms. The molecule has 0 unspecified atom stereocenters. The number of aromatic nitrogens is 2. The van der Waals surface area contributed by atoms with Gasteiger partial charge in [0, 0.05) is 18.0 Å². The van der Waals surface area contributed by atoms with Gasteiger partial charge in [-0.25, -0.2) is 0 Å². The monoisotopic (exact) mass is 327 g/mol. The second-order valence-electron chi connectivity index (χ2n) is 6.43. The Morgan fingerprint density at radius 1 is 1.17 bits per heavy atom. The van der Waals surface area contributed by atoms with Gasteiger partial charge < -0.3 is 14.2 Å². The number of hydrogen-bond donors (Lipinski definition) is 0. The summed E-state index contributed by atoms with van der Waals surface area (Å²) in [5, 5.41) is 4.12. The van der Waals surface area contributed by atoms with Crippen LogP contribution in [0.25, 0.3) is 11.5 Å². The highest BCUT2D eigenvalue weighted by Gasteiger charge is 2.36. The van der Waals surface area contributed by atoms with Gasteiger partial charge in [0.1, 0.15) is 6.04 Å². The fourth-order valence-electron chi connectivity index (χ4n) is 3.56. The van der Waals surface area contributed by atoms with Gasteiger partial charge in [0.05, 0.1) is 13.2 Å². The molecule has 1 amide bonds. The second-order valence-corrected chi connectivity index (χ2v) is 6.43. The van der Waals surface area contributed by atoms with Gasteiger partial charge in [-0.3, -0.25) is 4.79 Å². The molecule has 0 radical (unpaired) electrons. The highest BCUT2D eigenvalue weighted by atomic mass is 16.5. The first-order valence-electron chi connectivity index (χ1n) is 8.60. The molecule has 1 aliphatic carbocycles. The van der Waals surface area contributed by atoms with E-state index in [4.69, 9.17) is 9.26 Å². The molecule has 1 atom stereocenters. The minimum absolute atomic E-state index is 0.145. The van der Waals surface area contributed by atoms with Crippen molar-refractivity contribution in [2.24, 2.45) is 5.92 Å². The number of carbonyl (C=O) groups is 1. The van der Waals surface area contributed by atoms with Crippen molar-refractivity contribution >= 4 is 5.91 Å². The SMILES string of the molecule is O=C(C1CCCC1)N1CCOC[C@H]1c1noc(-c2ccccc2)n1. The molecule has 1 aromatic heterocycles. The summed E-state index contributed by atoms with van der Waals surface area (Å²) < 4.78 is 11.0. The van der Waals surface area contributed by atoms with Gasteiger partial charge >= 0.3 is 0 Å². The predicted octanol–water partition coefficient (Wildman–Crippen LogP) is 2.83. The molecular weight excluding hydrogens is 306 g/mol. The van der Waals surface area contributed by atoms with Gasteiger partial charge in [-0.15, -0.1) is 0 Å². The summed E-state index contributed by atoms with van der Waals surface area (Å²) in [6.07, 6.45) is 4.27. The van der Waals surface area contributed by atoms with Crippen LogP contribution in [0.5, 0.6) is 0 Å². The lowest BCUT2D eigenvalue weighted by atomic mass is 10.0. The van der Waals surface area contributed by atoms with E-state index in [2.05, 4.69) is 10.1 Å². The third kappa shape index (κ3) is 2.94. The Labute approximate surface area is 140 Å². The summed E-state index contributed by atoms with van der Waals surface area (Å²) in [5.41, 5.74) is 0.877. The zero-order valence-electron chi connectivity index (χ0n) is 13.6. The van der Waals surface area contributed by atoms with Crippen LogP contribution in [0, 0.1) is 5.92 Å². The molecule has 2 aromatic rings. The van der Waals surface area contributed by atoms with E-state index in [1.165, 1.54) is 0 Å². The van der Waals surface area contributed by atoms with Crippen molar-refractivity contribution in [1.82, 2.24) is 15.0 Å². The fraction of sp³-hybridized carbons (Fsp3) is 0.500. The van der Waals surface area contributed by atoms with Gasteiger partial charge in [-0.2, -0.15) is 4.98 Å². The van der Waals surface area contributed by atoms with Crippen molar-refractivity contribution < 1.29 is 14.1 Å². The summed E-state index contributed by atoms with van der Waals surface area (Å²) in [4.78, 5) is 19.2. The molecule has 2 fully saturated rings. The lowest BCUT2D eigenvalue weighted by molar-refractivity contribution is -0.144. The molecule has 2 aliphatic rings. The van der Waals surface area contributed by atoms with E-state index >= 15 is 0 Å². The maximum Gasteiger partial charge on any atom is 0.257 e. The van der Waals surface area contributed by atoms with Gasteiger partial charge in [0.25, 0.3) is 5.89 Å². The molecule has 1 saturated carbocycles. The first kappa shape index (κ1) is 15.3. The smallest absolute Gasteiger partial charge is 0.257 e. The summed E-state index contributed by atoms with van der Waals surface area (Å²) in [6, 6.07) is 9.40. The largest absolute Gasteiger partial charge is 0.377 e. The van der Waals surface area contributed by atoms with Gasteiger partial charge in [0.2, 0.25) is 5.91 Å². The Bertz CT molecular complexity index is 695. The normalized spacial score (nSPS) is 22.0. The molecule has 1 saturated heterocycles. The van der Waals surface area contributed by atoms with Crippen LogP contribution >= 0.6 is 0 Å². The van der Waals surface area contributed by atoms with Crippen LogP contribution in [-0.2, 0) is 9.53 Å². The van der Waals surface area contributed by atoms with Gasteiger partial charge in [-0.1, -0.05) is 36.2 Å². The predicted molar refractivity (Wildman–Crippen MR) is 87.0 cm³/mol. The summed E-state index contributed by atoms with van der Waals surface area (Å²) >= 11 is 0. The Morgan fingerprint density at radius 3 is 2.75 bits per heavy atom. The molecule has 24 heavy (non-hydrogen) atoms. The number of ether oxygens (including phenoxy) is 1. The number of benzene rings is 1. The summed E-state index contributed by atoms with van der Waals surface area (Å²) in [6.45, 7) is 1.58. The Balaban J connectivity index is 1.57. The third-order valence-corrected chi connectivity index (χ3v) is 4.88. The Kier molecular flexibility index (Phi) is 4.30. The van der Waals surface area contributed by atoms with Crippen molar-refractivity contribution in [1.29, 1.82) is 0 Å². The quantitative estimate of drug-likeness (QED) is 0.867. The molecule has 1 aromatic carbocycles. The van der Waals surface area contributed by atoms with E-state index in [1.54, 1.807) is 0 Å². The fourth-order valence-corrected chi connectivity index (χ4v) is 3.56. The first-order valence-corrected chi connectivity index (χ1v) is 8.60. The van der Waals surface area contributed by atoms with Crippen LogP contribution in [0.15, 0.2) is 34.9 Å². The van der Waals surface area contributed by atoms with Crippen molar-refractivity contribution in [3.63, 3.8) is 0 Å². The maximum atomic E-state index is 12.8. The average Bonchev–Trinajstić information content (AvgIpc) is 3.34. The van der Waals surface area contributed by atoms with E-state index in [0.717, 1.165) is 31.2 Å². The maximum absolute atomic E-state index is 12.8. The van der Waals surface area contributed by atoms with Gasteiger partial charge in [0.15, 0.2) is 5.82 Å². The van der Waals surface area contributed by atoms with Crippen LogP contribution in [0.3, 0.4) is 0 Å². The molecular formula is C18H21N3O3. The summed E-state index contributed by atoms with van der Waals surface area (Å²) in [7, 11) is 0. The molecule has 2 heterocycles. The lowest BCUT2D eigenvalue weighted by Gasteiger charge is -2.35. The number of amides is 1. The zero-order valence-corrected chi connectivity index (χ0v) is 13.6. The van der Waals surface area contributed by atoms with Crippen LogP contribution in [0.2, 0.25) is 0 Å². The van der Waals surface area contributed by atoms with E-state index in [1.807, 2.05) is 35.2 Å². The second kappa shape index (κ2) is 6.73. The van der Waals surface area contributed by atoms with E-state index < -0.39 is 0 Å². The zero-order chi connectivity index (χ0) is 16.4. The number of carbonyl (C=O) groups excluding carboxylic acids is 1. The van der Waals surface area contributed by atoms with Crippen molar-refractivity contribution in [3.8, 4) is 11.5 Å². The molecule has 6 nitrogen and oxygen atoms in total. The lowest BCUT2D eigenvalue weighted by Crippen LogP contribution is -2.46. The van der Waals surface area contributed by atoms with Crippen LogP contribution in [-0.4, -0.2) is 40.7 Å². The average molecular weight is 327 g/mol. The molecule has 126 valence electrons. The molecule has 6 heteroatoms. The van der Waals surface area contributed by atoms with E-state index in [9.17, 15) is 4.79 Å². The molecule has 1 aliphatic heterocycles. The third-order valence-electron chi connectivity index (χ3n) is 4.88. The summed E-state index contributed by atoms with van der Waals surface area (Å²) in [5.74, 6) is 1.36. The van der Waals surface area contributed by atoms with Crippen LogP contribution in [0.1, 0.15) is 37.5 Å². The minimum atomic E-state index is -0.256. The minimum Gasteiger partial charge on any atom is -0.377 e. The van der Waals surface area contributed by atoms with Crippen LogP contribution in [0.4, 0.5) is 0 Å². The highest BCUT2D eigenvalue weighted by molar-refractivity contribution is 5.79. The number of morpholine rings is 1. The van der Waals surface area contributed by atoms with E-state index in [0.29, 0.717) is 31.5 Å². The number of rotatable bonds is 3. The van der Waals surface area contributed by atoms with Crippen molar-refractivity contribution in [2.75, 3.05) is 19.8 Å². The standard InChI is InChI=1S/C18H21N3O3/c22-18(14-8-4-5-9-14)21-10-11-23-12-15(21)16-19-17(24-20-16)13-6-2-1-3-7-13/h1-3,6-7,14-15H,4-5,8-12H2/t15-/m0/s1. The van der Waals surface area contributed by atoms with Crippen LogP contribution < -0.4 is 0 Å². The Morgan fingerprint density at radius 2 is 1.96 bits per heavy atom.